The van der Waals surface area contributed by atoms with Gasteiger partial charge in [0.25, 0.3) is 0 Å². The van der Waals surface area contributed by atoms with E-state index in [1.54, 1.807) is 11.8 Å². The molecule has 2 aromatic carbocycles. The SMILES string of the molecule is CC(C)C(=O)N1CCN(C(C)C(=O)Nc2ccccc2Sc2ccccc2)CC1. The summed E-state index contributed by atoms with van der Waals surface area (Å²) >= 11 is 1.64. The number of nitrogens with zero attached hydrogens (tertiary/aromatic N) is 2. The van der Waals surface area contributed by atoms with Gasteiger partial charge < -0.3 is 10.2 Å². The van der Waals surface area contributed by atoms with Gasteiger partial charge in [0.2, 0.25) is 11.8 Å². The zero-order valence-corrected chi connectivity index (χ0v) is 18.1. The van der Waals surface area contributed by atoms with Crippen LogP contribution in [0.4, 0.5) is 5.69 Å². The molecule has 5 nitrogen and oxygen atoms in total. The lowest BCUT2D eigenvalue weighted by molar-refractivity contribution is -0.136. The van der Waals surface area contributed by atoms with Gasteiger partial charge in [-0.3, -0.25) is 14.5 Å². The summed E-state index contributed by atoms with van der Waals surface area (Å²) in [5, 5.41) is 3.10. The van der Waals surface area contributed by atoms with Crippen LogP contribution < -0.4 is 5.32 Å². The minimum Gasteiger partial charge on any atom is -0.340 e. The first kappa shape index (κ1) is 21.4. The first-order chi connectivity index (χ1) is 14.0. The summed E-state index contributed by atoms with van der Waals surface area (Å²) in [6.07, 6.45) is 0. The lowest BCUT2D eigenvalue weighted by Crippen LogP contribution is -2.54. The lowest BCUT2D eigenvalue weighted by atomic mass is 10.1. The highest BCUT2D eigenvalue weighted by molar-refractivity contribution is 7.99. The fourth-order valence-electron chi connectivity index (χ4n) is 3.37. The Balaban J connectivity index is 1.60. The van der Waals surface area contributed by atoms with E-state index in [-0.39, 0.29) is 23.8 Å². The van der Waals surface area contributed by atoms with Crippen LogP contribution in [-0.2, 0) is 9.59 Å². The molecule has 2 aromatic rings. The second kappa shape index (κ2) is 9.94. The summed E-state index contributed by atoms with van der Waals surface area (Å²) in [6, 6.07) is 17.8. The molecular weight excluding hydrogens is 382 g/mol. The minimum atomic E-state index is -0.249. The van der Waals surface area contributed by atoms with Crippen molar-refractivity contribution >= 4 is 29.3 Å². The molecule has 1 atom stereocenters. The Hall–Kier alpha value is -2.31. The Morgan fingerprint density at radius 2 is 1.52 bits per heavy atom. The normalized spacial score (nSPS) is 15.9. The predicted octanol–water partition coefficient (Wildman–Crippen LogP) is 3.97. The quantitative estimate of drug-likeness (QED) is 0.782. The number of carbonyl (C=O) groups is 2. The van der Waals surface area contributed by atoms with Crippen LogP contribution in [0.25, 0.3) is 0 Å². The second-order valence-electron chi connectivity index (χ2n) is 7.59. The molecule has 0 aromatic heterocycles. The number of carbonyl (C=O) groups excluding carboxylic acids is 2. The number of amides is 2. The minimum absolute atomic E-state index is 0.0147. The van der Waals surface area contributed by atoms with Gasteiger partial charge in [-0.2, -0.15) is 0 Å². The number of nitrogens with one attached hydrogen (secondary N) is 1. The number of hydrogen-bond acceptors (Lipinski definition) is 4. The molecule has 29 heavy (non-hydrogen) atoms. The molecule has 3 rings (SSSR count). The van der Waals surface area contributed by atoms with E-state index in [1.807, 2.05) is 68.1 Å². The van der Waals surface area contributed by atoms with Gasteiger partial charge in [0.05, 0.1) is 11.7 Å². The molecule has 0 bridgehead atoms. The summed E-state index contributed by atoms with van der Waals surface area (Å²) in [5.74, 6) is 0.184. The molecule has 1 saturated heterocycles. The standard InChI is InChI=1S/C23H29N3O2S/c1-17(2)23(28)26-15-13-25(14-16-26)18(3)22(27)24-20-11-7-8-12-21(20)29-19-9-5-4-6-10-19/h4-12,17-18H,13-16H2,1-3H3,(H,24,27). The van der Waals surface area contributed by atoms with E-state index < -0.39 is 0 Å². The summed E-state index contributed by atoms with van der Waals surface area (Å²) in [4.78, 5) is 31.3. The molecule has 0 saturated carbocycles. The number of para-hydroxylation sites is 1. The van der Waals surface area contributed by atoms with Crippen LogP contribution in [-0.4, -0.2) is 53.8 Å². The summed E-state index contributed by atoms with van der Waals surface area (Å²) < 4.78 is 0. The highest BCUT2D eigenvalue weighted by Crippen LogP contribution is 2.33. The fraction of sp³-hybridized carbons (Fsp3) is 0.391. The largest absolute Gasteiger partial charge is 0.340 e. The summed E-state index contributed by atoms with van der Waals surface area (Å²) in [5.41, 5.74) is 0.826. The van der Waals surface area contributed by atoms with Crippen molar-refractivity contribution in [3.05, 3.63) is 54.6 Å². The van der Waals surface area contributed by atoms with Crippen molar-refractivity contribution in [1.82, 2.24) is 9.80 Å². The first-order valence-electron chi connectivity index (χ1n) is 10.1. The first-order valence-corrected chi connectivity index (χ1v) is 10.9. The van der Waals surface area contributed by atoms with Crippen LogP contribution in [0, 0.1) is 5.92 Å². The molecule has 0 aliphatic carbocycles. The summed E-state index contributed by atoms with van der Waals surface area (Å²) in [6.45, 7) is 8.57. The molecule has 154 valence electrons. The molecule has 1 aliphatic rings. The Labute approximate surface area is 177 Å². The lowest BCUT2D eigenvalue weighted by Gasteiger charge is -2.38. The van der Waals surface area contributed by atoms with E-state index in [1.165, 1.54) is 0 Å². The highest BCUT2D eigenvalue weighted by Gasteiger charge is 2.28. The van der Waals surface area contributed by atoms with Crippen molar-refractivity contribution in [2.24, 2.45) is 5.92 Å². The van der Waals surface area contributed by atoms with Crippen LogP contribution in [0.15, 0.2) is 64.4 Å². The smallest absolute Gasteiger partial charge is 0.241 e. The fourth-order valence-corrected chi connectivity index (χ4v) is 4.29. The molecule has 1 unspecified atom stereocenters. The van der Waals surface area contributed by atoms with Crippen LogP contribution >= 0.6 is 11.8 Å². The van der Waals surface area contributed by atoms with Crippen molar-refractivity contribution in [1.29, 1.82) is 0 Å². The van der Waals surface area contributed by atoms with Gasteiger partial charge in [-0.25, -0.2) is 0 Å². The molecule has 1 aliphatic heterocycles. The number of rotatable bonds is 6. The van der Waals surface area contributed by atoms with Crippen molar-refractivity contribution in [3.63, 3.8) is 0 Å². The van der Waals surface area contributed by atoms with Crippen molar-refractivity contribution in [2.75, 3.05) is 31.5 Å². The van der Waals surface area contributed by atoms with Crippen molar-refractivity contribution < 1.29 is 9.59 Å². The number of hydrogen-bond donors (Lipinski definition) is 1. The molecule has 2 amide bonds. The van der Waals surface area contributed by atoms with Gasteiger partial charge >= 0.3 is 0 Å². The Morgan fingerprint density at radius 1 is 0.897 bits per heavy atom. The highest BCUT2D eigenvalue weighted by atomic mass is 32.2. The molecule has 1 fully saturated rings. The maximum atomic E-state index is 12.9. The topological polar surface area (TPSA) is 52.7 Å². The molecule has 0 radical (unpaired) electrons. The monoisotopic (exact) mass is 411 g/mol. The molecule has 6 heteroatoms. The third-order valence-corrected chi connectivity index (χ3v) is 6.25. The van der Waals surface area contributed by atoms with Crippen LogP contribution in [0.5, 0.6) is 0 Å². The maximum Gasteiger partial charge on any atom is 0.241 e. The third kappa shape index (κ3) is 5.61. The average molecular weight is 412 g/mol. The van der Waals surface area contributed by atoms with E-state index in [0.29, 0.717) is 26.2 Å². The van der Waals surface area contributed by atoms with Crippen LogP contribution in [0.2, 0.25) is 0 Å². The van der Waals surface area contributed by atoms with Crippen molar-refractivity contribution in [2.45, 2.75) is 36.6 Å². The van der Waals surface area contributed by atoms with Gasteiger partial charge in [0.15, 0.2) is 0 Å². The van der Waals surface area contributed by atoms with E-state index in [4.69, 9.17) is 0 Å². The van der Waals surface area contributed by atoms with Gasteiger partial charge in [0.1, 0.15) is 0 Å². The maximum absolute atomic E-state index is 12.9. The average Bonchev–Trinajstić information content (AvgIpc) is 2.75. The second-order valence-corrected chi connectivity index (χ2v) is 8.71. The van der Waals surface area contributed by atoms with E-state index in [2.05, 4.69) is 22.3 Å². The molecular formula is C23H29N3O2S. The molecule has 0 spiro atoms. The van der Waals surface area contributed by atoms with Gasteiger partial charge in [-0.1, -0.05) is 55.9 Å². The van der Waals surface area contributed by atoms with E-state index in [9.17, 15) is 9.59 Å². The zero-order valence-electron chi connectivity index (χ0n) is 17.3. The molecule has 1 heterocycles. The number of anilines is 1. The van der Waals surface area contributed by atoms with Gasteiger partial charge in [-0.15, -0.1) is 0 Å². The van der Waals surface area contributed by atoms with Crippen LogP contribution in [0.1, 0.15) is 20.8 Å². The number of benzene rings is 2. The Morgan fingerprint density at radius 3 is 2.17 bits per heavy atom. The third-order valence-electron chi connectivity index (χ3n) is 5.16. The van der Waals surface area contributed by atoms with Crippen molar-refractivity contribution in [3.8, 4) is 0 Å². The van der Waals surface area contributed by atoms with Crippen LogP contribution in [0.3, 0.4) is 0 Å². The molecule has 1 N–H and O–H groups in total. The zero-order chi connectivity index (χ0) is 20.8. The number of piperazine rings is 1. The van der Waals surface area contributed by atoms with Gasteiger partial charge in [-0.05, 0) is 31.2 Å². The Kier molecular flexibility index (Phi) is 7.34. The Bertz CT molecular complexity index is 833. The summed E-state index contributed by atoms with van der Waals surface area (Å²) in [7, 11) is 0. The predicted molar refractivity (Wildman–Crippen MR) is 118 cm³/mol. The van der Waals surface area contributed by atoms with E-state index in [0.717, 1.165) is 15.5 Å². The van der Waals surface area contributed by atoms with Gasteiger partial charge in [0, 0.05) is 41.9 Å². The van der Waals surface area contributed by atoms with E-state index >= 15 is 0 Å².